The number of aromatic nitrogens is 3. The molecule has 0 radical (unpaired) electrons. The highest BCUT2D eigenvalue weighted by molar-refractivity contribution is 7.99. The Kier molecular flexibility index (Phi) is 4.99. The van der Waals surface area contributed by atoms with E-state index >= 15 is 0 Å². The van der Waals surface area contributed by atoms with Crippen LogP contribution in [0.1, 0.15) is 69.7 Å². The van der Waals surface area contributed by atoms with E-state index in [0.29, 0.717) is 6.04 Å². The molecule has 2 fully saturated rings. The molecule has 2 aliphatic rings. The van der Waals surface area contributed by atoms with E-state index in [1.165, 1.54) is 61.7 Å². The van der Waals surface area contributed by atoms with Crippen LogP contribution in [-0.2, 0) is 0 Å². The number of rotatable bonds is 10. The van der Waals surface area contributed by atoms with Gasteiger partial charge in [-0.25, -0.2) is 0 Å². The summed E-state index contributed by atoms with van der Waals surface area (Å²) in [6.45, 7) is 4.51. The molecule has 2 aliphatic carbocycles. The lowest BCUT2D eigenvalue weighted by molar-refractivity contribution is 0.623. The fourth-order valence-electron chi connectivity index (χ4n) is 2.50. The van der Waals surface area contributed by atoms with Gasteiger partial charge in [0.15, 0.2) is 5.16 Å². The van der Waals surface area contributed by atoms with Crippen LogP contribution in [0.4, 0.5) is 0 Å². The second kappa shape index (κ2) is 6.94. The van der Waals surface area contributed by atoms with Gasteiger partial charge >= 0.3 is 0 Å². The van der Waals surface area contributed by atoms with Crippen LogP contribution < -0.4 is 5.32 Å². The molecule has 1 N–H and O–H groups in total. The highest BCUT2D eigenvalue weighted by atomic mass is 32.2. The molecule has 20 heavy (non-hydrogen) atoms. The fourth-order valence-corrected chi connectivity index (χ4v) is 3.51. The van der Waals surface area contributed by atoms with Gasteiger partial charge in [0.1, 0.15) is 5.82 Å². The molecule has 1 aromatic heterocycles. The van der Waals surface area contributed by atoms with Crippen molar-refractivity contribution in [3.8, 4) is 0 Å². The number of nitrogens with zero attached hydrogens (tertiary/aromatic N) is 3. The molecule has 4 nitrogen and oxygen atoms in total. The van der Waals surface area contributed by atoms with Crippen molar-refractivity contribution in [2.45, 2.75) is 69.0 Å². The van der Waals surface area contributed by atoms with Crippen molar-refractivity contribution in [3.05, 3.63) is 5.82 Å². The summed E-state index contributed by atoms with van der Waals surface area (Å²) >= 11 is 1.91. The van der Waals surface area contributed by atoms with E-state index in [2.05, 4.69) is 27.0 Å². The summed E-state index contributed by atoms with van der Waals surface area (Å²) in [6, 6.07) is 0.717. The Balaban J connectivity index is 1.43. The lowest BCUT2D eigenvalue weighted by Gasteiger charge is -2.08. The number of nitrogens with one attached hydrogen (secondary N) is 1. The molecule has 1 heterocycles. The van der Waals surface area contributed by atoms with Crippen molar-refractivity contribution in [2.24, 2.45) is 0 Å². The third kappa shape index (κ3) is 3.76. The van der Waals surface area contributed by atoms with Crippen LogP contribution in [0.15, 0.2) is 5.16 Å². The second-order valence-electron chi connectivity index (χ2n) is 6.02. The van der Waals surface area contributed by atoms with Crippen molar-refractivity contribution in [1.29, 1.82) is 0 Å². The summed E-state index contributed by atoms with van der Waals surface area (Å²) in [4.78, 5) is 0. The van der Waals surface area contributed by atoms with Gasteiger partial charge in [-0.3, -0.25) is 0 Å². The van der Waals surface area contributed by atoms with E-state index in [1.54, 1.807) is 0 Å². The molecule has 3 rings (SSSR count). The van der Waals surface area contributed by atoms with Crippen LogP contribution >= 0.6 is 11.8 Å². The zero-order chi connectivity index (χ0) is 13.8. The van der Waals surface area contributed by atoms with Crippen LogP contribution in [0.3, 0.4) is 0 Å². The van der Waals surface area contributed by atoms with Crippen molar-refractivity contribution in [2.75, 3.05) is 18.8 Å². The first-order chi connectivity index (χ1) is 9.90. The van der Waals surface area contributed by atoms with E-state index in [4.69, 9.17) is 0 Å². The molecular formula is C15H26N4S. The topological polar surface area (TPSA) is 42.7 Å². The lowest BCUT2D eigenvalue weighted by Crippen LogP contribution is -2.15. The van der Waals surface area contributed by atoms with Gasteiger partial charge in [-0.2, -0.15) is 0 Å². The van der Waals surface area contributed by atoms with Gasteiger partial charge in [0, 0.05) is 17.7 Å². The zero-order valence-electron chi connectivity index (χ0n) is 12.5. The van der Waals surface area contributed by atoms with Crippen LogP contribution in [-0.4, -0.2) is 33.6 Å². The average Bonchev–Trinajstić information content (AvgIpc) is 3.37. The van der Waals surface area contributed by atoms with Gasteiger partial charge in [0.2, 0.25) is 0 Å². The molecule has 112 valence electrons. The maximum Gasteiger partial charge on any atom is 0.191 e. The fraction of sp³-hybridized carbons (Fsp3) is 0.867. The quantitative estimate of drug-likeness (QED) is 0.531. The summed E-state index contributed by atoms with van der Waals surface area (Å²) in [6.07, 6.45) is 9.04. The maximum absolute atomic E-state index is 4.46. The maximum atomic E-state index is 4.46. The summed E-state index contributed by atoms with van der Waals surface area (Å²) in [5.41, 5.74) is 0. The minimum Gasteiger partial charge on any atom is -0.317 e. The largest absolute Gasteiger partial charge is 0.317 e. The zero-order valence-corrected chi connectivity index (χ0v) is 13.3. The molecule has 2 saturated carbocycles. The van der Waals surface area contributed by atoms with Gasteiger partial charge in [0.25, 0.3) is 0 Å². The first kappa shape index (κ1) is 14.4. The molecule has 0 aromatic carbocycles. The Morgan fingerprint density at radius 2 is 2.00 bits per heavy atom. The Hall–Kier alpha value is -0.550. The highest BCUT2D eigenvalue weighted by Crippen LogP contribution is 2.45. The van der Waals surface area contributed by atoms with E-state index in [-0.39, 0.29) is 0 Å². The van der Waals surface area contributed by atoms with Gasteiger partial charge < -0.3 is 9.88 Å². The van der Waals surface area contributed by atoms with Crippen LogP contribution in [0.5, 0.6) is 0 Å². The SMILES string of the molecule is CCCNCCCCSc1nnc(C2CC2)n1C1CC1. The molecular weight excluding hydrogens is 268 g/mol. The Morgan fingerprint density at radius 1 is 1.15 bits per heavy atom. The standard InChI is InChI=1S/C15H26N4S/c1-2-9-16-10-3-4-11-20-15-18-17-14(12-5-6-12)19(15)13-7-8-13/h12-13,16H,2-11H2,1H3. The first-order valence-corrected chi connectivity index (χ1v) is 9.17. The van der Waals surface area contributed by atoms with Crippen molar-refractivity contribution >= 4 is 11.8 Å². The summed E-state index contributed by atoms with van der Waals surface area (Å²) in [5, 5.41) is 13.5. The molecule has 1 aromatic rings. The van der Waals surface area contributed by atoms with Crippen LogP contribution in [0.2, 0.25) is 0 Å². The van der Waals surface area contributed by atoms with Gasteiger partial charge in [0.05, 0.1) is 0 Å². The van der Waals surface area contributed by atoms with Gasteiger partial charge in [-0.15, -0.1) is 10.2 Å². The summed E-state index contributed by atoms with van der Waals surface area (Å²) in [7, 11) is 0. The number of thioether (sulfide) groups is 1. The Bertz CT molecular complexity index is 424. The average molecular weight is 294 g/mol. The van der Waals surface area contributed by atoms with Gasteiger partial charge in [-0.05, 0) is 58.0 Å². The molecule has 0 amide bonds. The molecule has 0 aliphatic heterocycles. The van der Waals surface area contributed by atoms with Crippen LogP contribution in [0.25, 0.3) is 0 Å². The molecule has 0 unspecified atom stereocenters. The predicted octanol–water partition coefficient (Wildman–Crippen LogP) is 3.36. The molecule has 0 spiro atoms. The highest BCUT2D eigenvalue weighted by Gasteiger charge is 2.36. The summed E-state index contributed by atoms with van der Waals surface area (Å²) < 4.78 is 2.46. The molecule has 5 heteroatoms. The normalized spacial score (nSPS) is 18.6. The van der Waals surface area contributed by atoms with Crippen LogP contribution in [0, 0.1) is 0 Å². The molecule has 0 bridgehead atoms. The smallest absolute Gasteiger partial charge is 0.191 e. The lowest BCUT2D eigenvalue weighted by atomic mass is 10.3. The van der Waals surface area contributed by atoms with Crippen molar-refractivity contribution in [3.63, 3.8) is 0 Å². The van der Waals surface area contributed by atoms with Crippen molar-refractivity contribution < 1.29 is 0 Å². The Labute approximate surface area is 126 Å². The van der Waals surface area contributed by atoms with Crippen molar-refractivity contribution in [1.82, 2.24) is 20.1 Å². The van der Waals surface area contributed by atoms with E-state index in [0.717, 1.165) is 19.0 Å². The second-order valence-corrected chi connectivity index (χ2v) is 7.08. The number of unbranched alkanes of at least 4 members (excludes halogenated alkanes) is 1. The summed E-state index contributed by atoms with van der Waals surface area (Å²) in [5.74, 6) is 3.17. The predicted molar refractivity (Wildman–Crippen MR) is 83.4 cm³/mol. The Morgan fingerprint density at radius 3 is 2.70 bits per heavy atom. The van der Waals surface area contributed by atoms with Gasteiger partial charge in [-0.1, -0.05) is 18.7 Å². The van der Waals surface area contributed by atoms with E-state index in [9.17, 15) is 0 Å². The number of hydrogen-bond donors (Lipinski definition) is 1. The van der Waals surface area contributed by atoms with E-state index < -0.39 is 0 Å². The first-order valence-electron chi connectivity index (χ1n) is 8.18. The minimum atomic E-state index is 0.717. The number of hydrogen-bond acceptors (Lipinski definition) is 4. The minimum absolute atomic E-state index is 0.717. The third-order valence-corrected chi connectivity index (χ3v) is 4.98. The molecule has 0 atom stereocenters. The molecule has 0 saturated heterocycles. The monoisotopic (exact) mass is 294 g/mol. The van der Waals surface area contributed by atoms with E-state index in [1.807, 2.05) is 11.8 Å². The third-order valence-electron chi connectivity index (χ3n) is 3.95.